The van der Waals surface area contributed by atoms with Crippen LogP contribution in [0.3, 0.4) is 0 Å². The van der Waals surface area contributed by atoms with Crippen LogP contribution in [0.25, 0.3) is 0 Å². The van der Waals surface area contributed by atoms with Crippen molar-refractivity contribution in [2.45, 2.75) is 24.8 Å². The van der Waals surface area contributed by atoms with Gasteiger partial charge >= 0.3 is 0 Å². The molecule has 1 aliphatic heterocycles. The van der Waals surface area contributed by atoms with Gasteiger partial charge in [0.05, 0.1) is 6.07 Å². The van der Waals surface area contributed by atoms with Crippen LogP contribution in [-0.4, -0.2) is 18.8 Å². The zero-order valence-corrected chi connectivity index (χ0v) is 9.58. The second-order valence-electron chi connectivity index (χ2n) is 4.29. The molecule has 0 spiro atoms. The average Bonchev–Trinajstić information content (AvgIpc) is 2.58. The molecule has 1 saturated heterocycles. The van der Waals surface area contributed by atoms with Crippen molar-refractivity contribution >= 4 is 5.69 Å². The number of hydrogen-bond acceptors (Lipinski definition) is 3. The number of halogens is 1. The number of benzene rings is 1. The summed E-state index contributed by atoms with van der Waals surface area (Å²) < 4.78 is 18.2. The Morgan fingerprint density at radius 3 is 2.71 bits per heavy atom. The van der Waals surface area contributed by atoms with Crippen molar-refractivity contribution in [2.75, 3.05) is 18.5 Å². The molecule has 0 radical (unpaired) electrons. The zero-order valence-electron chi connectivity index (χ0n) is 9.58. The Bertz CT molecular complexity index is 402. The Morgan fingerprint density at radius 1 is 1.24 bits per heavy atom. The molecular formula is C13H15FN2O. The summed E-state index contributed by atoms with van der Waals surface area (Å²) in [5.74, 6) is -0.272. The minimum atomic E-state index is -0.589. The molecule has 0 aliphatic carbocycles. The Balaban J connectivity index is 2.13. The van der Waals surface area contributed by atoms with Gasteiger partial charge in [-0.25, -0.2) is 4.39 Å². The quantitative estimate of drug-likeness (QED) is 0.855. The molecule has 90 valence electrons. The summed E-state index contributed by atoms with van der Waals surface area (Å²) in [6.45, 7) is 1.29. The van der Waals surface area contributed by atoms with Crippen molar-refractivity contribution in [3.05, 3.63) is 30.1 Å². The molecule has 1 unspecified atom stereocenters. The highest BCUT2D eigenvalue weighted by atomic mass is 19.1. The first-order valence-electron chi connectivity index (χ1n) is 5.77. The van der Waals surface area contributed by atoms with E-state index in [1.165, 1.54) is 12.1 Å². The maximum absolute atomic E-state index is 12.8. The minimum Gasteiger partial charge on any atom is -0.381 e. The highest BCUT2D eigenvalue weighted by molar-refractivity contribution is 5.47. The average molecular weight is 234 g/mol. The summed E-state index contributed by atoms with van der Waals surface area (Å²) in [6, 6.07) is 8.42. The monoisotopic (exact) mass is 234 g/mol. The second kappa shape index (κ2) is 5.15. The smallest absolute Gasteiger partial charge is 0.127 e. The van der Waals surface area contributed by atoms with E-state index in [1.54, 1.807) is 12.1 Å². The molecule has 1 atom stereocenters. The molecule has 1 heterocycles. The predicted octanol–water partition coefficient (Wildman–Crippen LogP) is 2.70. The number of nitrogens with one attached hydrogen (secondary N) is 1. The molecule has 0 bridgehead atoms. The largest absolute Gasteiger partial charge is 0.381 e. The van der Waals surface area contributed by atoms with Gasteiger partial charge in [-0.05, 0) is 37.1 Å². The van der Waals surface area contributed by atoms with E-state index >= 15 is 0 Å². The lowest BCUT2D eigenvalue weighted by molar-refractivity contribution is 0.142. The molecule has 1 aromatic rings. The summed E-state index contributed by atoms with van der Waals surface area (Å²) >= 11 is 0. The molecule has 2 rings (SSSR count). The highest BCUT2D eigenvalue weighted by Gasteiger charge is 2.30. The zero-order chi connectivity index (χ0) is 12.1. The van der Waals surface area contributed by atoms with Gasteiger partial charge in [-0.3, -0.25) is 0 Å². The van der Waals surface area contributed by atoms with Gasteiger partial charge in [0.1, 0.15) is 11.4 Å². The third-order valence-electron chi connectivity index (χ3n) is 3.01. The van der Waals surface area contributed by atoms with Crippen molar-refractivity contribution in [3.63, 3.8) is 0 Å². The van der Waals surface area contributed by atoms with Crippen molar-refractivity contribution in [3.8, 4) is 6.07 Å². The van der Waals surface area contributed by atoms with Crippen LogP contribution in [0.4, 0.5) is 10.1 Å². The van der Waals surface area contributed by atoms with Crippen molar-refractivity contribution in [2.24, 2.45) is 0 Å². The van der Waals surface area contributed by atoms with E-state index in [2.05, 4.69) is 11.4 Å². The number of anilines is 1. The Hall–Kier alpha value is -1.60. The summed E-state index contributed by atoms with van der Waals surface area (Å²) in [6.07, 6.45) is 2.27. The fourth-order valence-corrected chi connectivity index (χ4v) is 2.02. The number of nitriles is 1. The summed E-state index contributed by atoms with van der Waals surface area (Å²) in [5.41, 5.74) is 0.184. The van der Waals surface area contributed by atoms with E-state index in [-0.39, 0.29) is 5.82 Å². The molecule has 1 fully saturated rings. The second-order valence-corrected chi connectivity index (χ2v) is 4.29. The standard InChI is InChI=1S/C13H15FN2O/c14-11-2-4-12(5-3-11)16-13(10-15)6-1-8-17-9-7-13/h2-5,16H,1,6-9H2. The van der Waals surface area contributed by atoms with E-state index in [4.69, 9.17) is 4.74 Å². The maximum atomic E-state index is 12.8. The molecule has 1 aromatic carbocycles. The van der Waals surface area contributed by atoms with Crippen LogP contribution in [0.15, 0.2) is 24.3 Å². The van der Waals surface area contributed by atoms with Crippen molar-refractivity contribution in [1.82, 2.24) is 0 Å². The molecular weight excluding hydrogens is 219 g/mol. The number of ether oxygens (including phenoxy) is 1. The van der Waals surface area contributed by atoms with Gasteiger partial charge in [-0.1, -0.05) is 0 Å². The first kappa shape index (κ1) is 11.9. The van der Waals surface area contributed by atoms with Crippen LogP contribution in [0, 0.1) is 17.1 Å². The Morgan fingerprint density at radius 2 is 2.00 bits per heavy atom. The van der Waals surface area contributed by atoms with Crippen LogP contribution < -0.4 is 5.32 Å². The Labute approximate surface area is 100 Å². The van der Waals surface area contributed by atoms with Crippen LogP contribution >= 0.6 is 0 Å². The van der Waals surface area contributed by atoms with Gasteiger partial charge in [0, 0.05) is 25.3 Å². The maximum Gasteiger partial charge on any atom is 0.127 e. The lowest BCUT2D eigenvalue weighted by Gasteiger charge is -2.26. The van der Waals surface area contributed by atoms with Gasteiger partial charge in [0.25, 0.3) is 0 Å². The molecule has 0 saturated carbocycles. The van der Waals surface area contributed by atoms with E-state index in [9.17, 15) is 9.65 Å². The fraction of sp³-hybridized carbons (Fsp3) is 0.462. The summed E-state index contributed by atoms with van der Waals surface area (Å²) in [4.78, 5) is 0. The lowest BCUT2D eigenvalue weighted by atomic mass is 9.92. The SMILES string of the molecule is N#CC1(Nc2ccc(F)cc2)CCCOCC1. The van der Waals surface area contributed by atoms with Crippen LogP contribution in [-0.2, 0) is 4.74 Å². The van der Waals surface area contributed by atoms with Crippen molar-refractivity contribution in [1.29, 1.82) is 5.26 Å². The molecule has 1 aliphatic rings. The normalized spacial score (nSPS) is 24.7. The topological polar surface area (TPSA) is 45.0 Å². The molecule has 0 amide bonds. The predicted molar refractivity (Wildman–Crippen MR) is 63.0 cm³/mol. The van der Waals surface area contributed by atoms with Gasteiger partial charge in [-0.2, -0.15) is 5.26 Å². The molecule has 1 N–H and O–H groups in total. The number of rotatable bonds is 2. The minimum absolute atomic E-state index is 0.272. The van der Waals surface area contributed by atoms with Gasteiger partial charge in [0.2, 0.25) is 0 Å². The number of nitrogens with zero attached hydrogens (tertiary/aromatic N) is 1. The molecule has 4 heteroatoms. The van der Waals surface area contributed by atoms with Gasteiger partial charge in [0.15, 0.2) is 0 Å². The third-order valence-corrected chi connectivity index (χ3v) is 3.01. The van der Waals surface area contributed by atoms with E-state index in [1.807, 2.05) is 0 Å². The third kappa shape index (κ3) is 2.95. The first-order valence-corrected chi connectivity index (χ1v) is 5.77. The molecule has 17 heavy (non-hydrogen) atoms. The van der Waals surface area contributed by atoms with E-state index < -0.39 is 5.54 Å². The first-order chi connectivity index (χ1) is 8.24. The van der Waals surface area contributed by atoms with Gasteiger partial charge < -0.3 is 10.1 Å². The fourth-order valence-electron chi connectivity index (χ4n) is 2.02. The number of hydrogen-bond donors (Lipinski definition) is 1. The van der Waals surface area contributed by atoms with Gasteiger partial charge in [-0.15, -0.1) is 0 Å². The van der Waals surface area contributed by atoms with Crippen LogP contribution in [0.1, 0.15) is 19.3 Å². The summed E-state index contributed by atoms with van der Waals surface area (Å²) in [7, 11) is 0. The Kier molecular flexibility index (Phi) is 3.60. The van der Waals surface area contributed by atoms with E-state index in [0.29, 0.717) is 19.6 Å². The van der Waals surface area contributed by atoms with Crippen molar-refractivity contribution < 1.29 is 9.13 Å². The highest BCUT2D eigenvalue weighted by Crippen LogP contribution is 2.25. The lowest BCUT2D eigenvalue weighted by Crippen LogP contribution is -2.36. The van der Waals surface area contributed by atoms with E-state index in [0.717, 1.165) is 18.5 Å². The molecule has 3 nitrogen and oxygen atoms in total. The van der Waals surface area contributed by atoms with Crippen LogP contribution in [0.2, 0.25) is 0 Å². The summed E-state index contributed by atoms with van der Waals surface area (Å²) in [5, 5.41) is 12.5. The molecule has 0 aromatic heterocycles. The van der Waals surface area contributed by atoms with Crippen LogP contribution in [0.5, 0.6) is 0 Å².